The van der Waals surface area contributed by atoms with Gasteiger partial charge in [-0.3, -0.25) is 4.79 Å². The van der Waals surface area contributed by atoms with Crippen LogP contribution < -0.4 is 19.5 Å². The van der Waals surface area contributed by atoms with Crippen molar-refractivity contribution in [3.63, 3.8) is 0 Å². The first-order valence-corrected chi connectivity index (χ1v) is 8.32. The number of anilines is 1. The van der Waals surface area contributed by atoms with Crippen LogP contribution >= 0.6 is 0 Å². The van der Waals surface area contributed by atoms with E-state index in [2.05, 4.69) is 5.32 Å². The van der Waals surface area contributed by atoms with Crippen molar-refractivity contribution in [1.82, 2.24) is 0 Å². The van der Waals surface area contributed by atoms with Crippen LogP contribution in [0.25, 0.3) is 0 Å². The van der Waals surface area contributed by atoms with Gasteiger partial charge in [0.05, 0.1) is 0 Å². The van der Waals surface area contributed by atoms with E-state index >= 15 is 0 Å². The number of hydrogen-bond acceptors (Lipinski definition) is 4. The molecule has 0 saturated heterocycles. The average Bonchev–Trinajstić information content (AvgIpc) is 2.69. The fourth-order valence-corrected chi connectivity index (χ4v) is 2.65. The summed E-state index contributed by atoms with van der Waals surface area (Å²) in [5, 5.41) is 2.87. The molecule has 0 atom stereocenters. The smallest absolute Gasteiger partial charge is 0.255 e. The fraction of sp³-hybridized carbons (Fsp3) is 0.0952. The van der Waals surface area contributed by atoms with Crippen LogP contribution in [0.3, 0.4) is 0 Å². The highest BCUT2D eigenvalue weighted by Crippen LogP contribution is 2.32. The molecule has 130 valence electrons. The van der Waals surface area contributed by atoms with Gasteiger partial charge in [-0.15, -0.1) is 0 Å². The first-order valence-electron chi connectivity index (χ1n) is 8.32. The highest BCUT2D eigenvalue weighted by Gasteiger charge is 2.14. The van der Waals surface area contributed by atoms with E-state index in [-0.39, 0.29) is 5.91 Å². The van der Waals surface area contributed by atoms with Crippen LogP contribution in [0, 0.1) is 0 Å². The van der Waals surface area contributed by atoms with Gasteiger partial charge >= 0.3 is 0 Å². The number of benzene rings is 3. The first-order chi connectivity index (χ1) is 12.8. The number of fused-ring (bicyclic) bond motifs is 1. The topological polar surface area (TPSA) is 56.8 Å². The van der Waals surface area contributed by atoms with Crippen LogP contribution in [0.5, 0.6) is 23.0 Å². The lowest BCUT2D eigenvalue weighted by Gasteiger charge is -2.19. The molecular formula is C21H17NO4. The standard InChI is InChI=1S/C21H17NO4/c23-21(22-16-9-10-19-20(14-16)25-12-11-24-19)15-5-4-8-18(13-15)26-17-6-2-1-3-7-17/h1-10,13-14H,11-12H2,(H,22,23). The summed E-state index contributed by atoms with van der Waals surface area (Å²) in [5.74, 6) is 2.42. The highest BCUT2D eigenvalue weighted by molar-refractivity contribution is 6.04. The zero-order valence-corrected chi connectivity index (χ0v) is 14.0. The minimum Gasteiger partial charge on any atom is -0.486 e. The van der Waals surface area contributed by atoms with E-state index in [4.69, 9.17) is 14.2 Å². The van der Waals surface area contributed by atoms with Gasteiger partial charge in [-0.2, -0.15) is 0 Å². The summed E-state index contributed by atoms with van der Waals surface area (Å²) in [6, 6.07) is 21.8. The van der Waals surface area contributed by atoms with E-state index in [1.54, 1.807) is 36.4 Å². The molecule has 3 aromatic rings. The van der Waals surface area contributed by atoms with Gasteiger partial charge < -0.3 is 19.5 Å². The van der Waals surface area contributed by atoms with Crippen molar-refractivity contribution in [1.29, 1.82) is 0 Å². The van der Waals surface area contributed by atoms with Crippen LogP contribution in [0.2, 0.25) is 0 Å². The normalized spacial score (nSPS) is 12.3. The second-order valence-electron chi connectivity index (χ2n) is 5.76. The summed E-state index contributed by atoms with van der Waals surface area (Å²) in [5.41, 5.74) is 1.15. The Bertz CT molecular complexity index is 924. The summed E-state index contributed by atoms with van der Waals surface area (Å²) in [6.07, 6.45) is 0. The van der Waals surface area contributed by atoms with E-state index in [0.717, 1.165) is 5.75 Å². The van der Waals surface area contributed by atoms with Gasteiger partial charge in [0.2, 0.25) is 0 Å². The van der Waals surface area contributed by atoms with Crippen molar-refractivity contribution < 1.29 is 19.0 Å². The van der Waals surface area contributed by atoms with E-state index < -0.39 is 0 Å². The van der Waals surface area contributed by atoms with Gasteiger partial charge in [-0.05, 0) is 42.5 Å². The monoisotopic (exact) mass is 347 g/mol. The largest absolute Gasteiger partial charge is 0.486 e. The summed E-state index contributed by atoms with van der Waals surface area (Å²) in [4.78, 5) is 12.5. The predicted molar refractivity (Wildman–Crippen MR) is 98.3 cm³/mol. The molecule has 0 spiro atoms. The number of amides is 1. The number of rotatable bonds is 4. The molecule has 0 aliphatic carbocycles. The highest BCUT2D eigenvalue weighted by atomic mass is 16.6. The Labute approximate surface area is 151 Å². The lowest BCUT2D eigenvalue weighted by molar-refractivity contribution is 0.102. The van der Waals surface area contributed by atoms with Gasteiger partial charge in [0.1, 0.15) is 24.7 Å². The number of hydrogen-bond donors (Lipinski definition) is 1. The number of carbonyl (C=O) groups is 1. The quantitative estimate of drug-likeness (QED) is 0.755. The molecule has 1 amide bonds. The molecule has 0 saturated carbocycles. The van der Waals surface area contributed by atoms with E-state index in [9.17, 15) is 4.79 Å². The molecule has 0 bridgehead atoms. The lowest BCUT2D eigenvalue weighted by Crippen LogP contribution is -2.16. The van der Waals surface area contributed by atoms with Gasteiger partial charge in [-0.1, -0.05) is 24.3 Å². The van der Waals surface area contributed by atoms with Crippen molar-refractivity contribution in [3.8, 4) is 23.0 Å². The van der Waals surface area contributed by atoms with Crippen molar-refractivity contribution in [3.05, 3.63) is 78.4 Å². The third-order valence-corrected chi connectivity index (χ3v) is 3.88. The Kier molecular flexibility index (Phi) is 4.43. The predicted octanol–water partition coefficient (Wildman–Crippen LogP) is 4.50. The van der Waals surface area contributed by atoms with Gasteiger partial charge in [-0.25, -0.2) is 0 Å². The SMILES string of the molecule is O=C(Nc1ccc2c(c1)OCCO2)c1cccc(Oc2ccccc2)c1. The van der Waals surface area contributed by atoms with Crippen LogP contribution in [0.1, 0.15) is 10.4 Å². The number of nitrogens with one attached hydrogen (secondary N) is 1. The van der Waals surface area contributed by atoms with Gasteiger partial charge in [0.25, 0.3) is 5.91 Å². The Balaban J connectivity index is 1.49. The van der Waals surface area contributed by atoms with Crippen molar-refractivity contribution >= 4 is 11.6 Å². The van der Waals surface area contributed by atoms with E-state index in [1.165, 1.54) is 0 Å². The molecule has 1 aliphatic rings. The van der Waals surface area contributed by atoms with Crippen LogP contribution in [0.4, 0.5) is 5.69 Å². The molecule has 5 heteroatoms. The summed E-state index contributed by atoms with van der Waals surface area (Å²) < 4.78 is 16.8. The summed E-state index contributed by atoms with van der Waals surface area (Å²) in [6.45, 7) is 1.04. The molecule has 4 rings (SSSR count). The second kappa shape index (κ2) is 7.19. The molecule has 0 aromatic heterocycles. The molecule has 0 unspecified atom stereocenters. The zero-order chi connectivity index (χ0) is 17.8. The minimum atomic E-state index is -0.222. The molecular weight excluding hydrogens is 330 g/mol. The Hall–Kier alpha value is -3.47. The van der Waals surface area contributed by atoms with Crippen molar-refractivity contribution in [2.24, 2.45) is 0 Å². The molecule has 1 N–H and O–H groups in total. The van der Waals surface area contributed by atoms with Gasteiger partial charge in [0.15, 0.2) is 11.5 Å². The molecule has 0 radical (unpaired) electrons. The number of carbonyl (C=O) groups excluding carboxylic acids is 1. The maximum Gasteiger partial charge on any atom is 0.255 e. The molecule has 3 aromatic carbocycles. The number of ether oxygens (including phenoxy) is 3. The van der Waals surface area contributed by atoms with Crippen LogP contribution in [-0.2, 0) is 0 Å². The Morgan fingerprint density at radius 3 is 2.42 bits per heavy atom. The van der Waals surface area contributed by atoms with Crippen molar-refractivity contribution in [2.75, 3.05) is 18.5 Å². The second-order valence-corrected chi connectivity index (χ2v) is 5.76. The molecule has 5 nitrogen and oxygen atoms in total. The summed E-state index contributed by atoms with van der Waals surface area (Å²) >= 11 is 0. The van der Waals surface area contributed by atoms with Crippen LogP contribution in [0.15, 0.2) is 72.8 Å². The number of para-hydroxylation sites is 1. The average molecular weight is 347 g/mol. The van der Waals surface area contributed by atoms with Crippen LogP contribution in [-0.4, -0.2) is 19.1 Å². The molecule has 26 heavy (non-hydrogen) atoms. The maximum atomic E-state index is 12.5. The summed E-state index contributed by atoms with van der Waals surface area (Å²) in [7, 11) is 0. The first kappa shape index (κ1) is 16.0. The molecule has 1 aliphatic heterocycles. The maximum absolute atomic E-state index is 12.5. The van der Waals surface area contributed by atoms with Crippen molar-refractivity contribution in [2.45, 2.75) is 0 Å². The van der Waals surface area contributed by atoms with Gasteiger partial charge in [0, 0.05) is 17.3 Å². The third kappa shape index (κ3) is 3.62. The zero-order valence-electron chi connectivity index (χ0n) is 14.0. The molecule has 0 fully saturated rings. The Morgan fingerprint density at radius 2 is 1.58 bits per heavy atom. The Morgan fingerprint density at radius 1 is 0.808 bits per heavy atom. The minimum absolute atomic E-state index is 0.222. The van der Waals surface area contributed by atoms with E-state index in [0.29, 0.717) is 41.7 Å². The fourth-order valence-electron chi connectivity index (χ4n) is 2.65. The molecule has 1 heterocycles. The lowest BCUT2D eigenvalue weighted by atomic mass is 10.2. The van der Waals surface area contributed by atoms with E-state index in [1.807, 2.05) is 36.4 Å². The third-order valence-electron chi connectivity index (χ3n) is 3.88.